The second-order valence-electron chi connectivity index (χ2n) is 7.06. The molecule has 0 unspecified atom stereocenters. The first-order chi connectivity index (χ1) is 15.2. The van der Waals surface area contributed by atoms with Crippen LogP contribution in [0.5, 0.6) is 5.75 Å². The largest absolute Gasteiger partial charge is 0.494 e. The zero-order valence-corrected chi connectivity index (χ0v) is 17.2. The highest BCUT2D eigenvalue weighted by Crippen LogP contribution is 2.27. The SMILES string of the molecule is CCCCOc1cccc(-c2cc(C(=O)NN=Cc3ccoc3)c3ccccc3n2)c1. The van der Waals surface area contributed by atoms with Crippen LogP contribution in [0.25, 0.3) is 22.2 Å². The van der Waals surface area contributed by atoms with Crippen LogP contribution in [0.1, 0.15) is 35.7 Å². The average Bonchev–Trinajstić information content (AvgIpc) is 3.32. The van der Waals surface area contributed by atoms with Crippen LogP contribution in [0.2, 0.25) is 0 Å². The number of pyridine rings is 1. The number of carbonyl (C=O) groups is 1. The molecule has 0 aliphatic rings. The maximum atomic E-state index is 12.9. The van der Waals surface area contributed by atoms with E-state index in [0.717, 1.165) is 40.6 Å². The van der Waals surface area contributed by atoms with Crippen molar-refractivity contribution in [3.8, 4) is 17.0 Å². The molecule has 1 N–H and O–H groups in total. The summed E-state index contributed by atoms with van der Waals surface area (Å²) in [5.41, 5.74) is 6.18. The van der Waals surface area contributed by atoms with Crippen LogP contribution in [-0.4, -0.2) is 23.7 Å². The number of unbranched alkanes of at least 4 members (excludes halogenated alkanes) is 1. The van der Waals surface area contributed by atoms with Crippen molar-refractivity contribution >= 4 is 23.0 Å². The predicted octanol–water partition coefficient (Wildman–Crippen LogP) is 5.44. The molecule has 0 aliphatic heterocycles. The number of furan rings is 1. The summed E-state index contributed by atoms with van der Waals surface area (Å²) in [6.07, 6.45) is 6.70. The van der Waals surface area contributed by atoms with Crippen molar-refractivity contribution in [1.82, 2.24) is 10.4 Å². The molecule has 156 valence electrons. The fraction of sp³-hybridized carbons (Fsp3) is 0.160. The standard InChI is InChI=1S/C25H23N3O3/c1-2-3-12-31-20-8-6-7-19(14-20)24-15-22(21-9-4-5-10-23(21)27-24)25(29)28-26-16-18-11-13-30-17-18/h4-11,13-17H,2-3,12H2,1H3,(H,28,29). The Labute approximate surface area is 180 Å². The summed E-state index contributed by atoms with van der Waals surface area (Å²) in [7, 11) is 0. The minimum atomic E-state index is -0.310. The Morgan fingerprint density at radius 1 is 1.16 bits per heavy atom. The van der Waals surface area contributed by atoms with Crippen molar-refractivity contribution in [2.75, 3.05) is 6.61 Å². The lowest BCUT2D eigenvalue weighted by Gasteiger charge is -2.10. The van der Waals surface area contributed by atoms with Crippen LogP contribution < -0.4 is 10.2 Å². The molecule has 0 radical (unpaired) electrons. The summed E-state index contributed by atoms with van der Waals surface area (Å²) in [6.45, 7) is 2.80. The summed E-state index contributed by atoms with van der Waals surface area (Å²) in [6, 6.07) is 18.9. The van der Waals surface area contributed by atoms with Gasteiger partial charge in [0, 0.05) is 16.5 Å². The van der Waals surface area contributed by atoms with Crippen molar-refractivity contribution in [3.63, 3.8) is 0 Å². The van der Waals surface area contributed by atoms with Gasteiger partial charge in [-0.1, -0.05) is 43.7 Å². The van der Waals surface area contributed by atoms with Gasteiger partial charge in [0.15, 0.2) is 0 Å². The zero-order valence-electron chi connectivity index (χ0n) is 17.2. The van der Waals surface area contributed by atoms with Gasteiger partial charge < -0.3 is 9.15 Å². The van der Waals surface area contributed by atoms with Gasteiger partial charge in [-0.2, -0.15) is 5.10 Å². The number of para-hydroxylation sites is 1. The van der Waals surface area contributed by atoms with Crippen molar-refractivity contribution in [2.45, 2.75) is 19.8 Å². The van der Waals surface area contributed by atoms with Gasteiger partial charge in [0.05, 0.1) is 42.1 Å². The Balaban J connectivity index is 1.65. The van der Waals surface area contributed by atoms with Gasteiger partial charge in [0.2, 0.25) is 0 Å². The molecule has 31 heavy (non-hydrogen) atoms. The van der Waals surface area contributed by atoms with Gasteiger partial charge in [-0.25, -0.2) is 10.4 Å². The molecule has 0 aliphatic carbocycles. The fourth-order valence-electron chi connectivity index (χ4n) is 3.16. The van der Waals surface area contributed by atoms with Crippen molar-refractivity contribution in [3.05, 3.63) is 84.3 Å². The van der Waals surface area contributed by atoms with Crippen molar-refractivity contribution in [1.29, 1.82) is 0 Å². The van der Waals surface area contributed by atoms with E-state index in [9.17, 15) is 4.79 Å². The Hall–Kier alpha value is -3.93. The van der Waals surface area contributed by atoms with E-state index in [2.05, 4.69) is 17.5 Å². The highest BCUT2D eigenvalue weighted by Gasteiger charge is 2.14. The molecule has 4 rings (SSSR count). The topological polar surface area (TPSA) is 76.7 Å². The second-order valence-corrected chi connectivity index (χ2v) is 7.06. The van der Waals surface area contributed by atoms with Crippen LogP contribution >= 0.6 is 0 Å². The first-order valence-electron chi connectivity index (χ1n) is 10.2. The third kappa shape index (κ3) is 4.98. The molecule has 0 spiro atoms. The van der Waals surface area contributed by atoms with Crippen LogP contribution in [0, 0.1) is 0 Å². The van der Waals surface area contributed by atoms with E-state index < -0.39 is 0 Å². The molecule has 1 amide bonds. The molecule has 0 atom stereocenters. The predicted molar refractivity (Wildman–Crippen MR) is 121 cm³/mol. The summed E-state index contributed by atoms with van der Waals surface area (Å²) in [5.74, 6) is 0.478. The molecule has 2 aromatic carbocycles. The molecule has 6 nitrogen and oxygen atoms in total. The van der Waals surface area contributed by atoms with Crippen LogP contribution in [0.15, 0.2) is 82.7 Å². The lowest BCUT2D eigenvalue weighted by molar-refractivity contribution is 0.0956. The monoisotopic (exact) mass is 413 g/mol. The molecular weight excluding hydrogens is 390 g/mol. The smallest absolute Gasteiger partial charge is 0.272 e. The molecule has 2 aromatic heterocycles. The van der Waals surface area contributed by atoms with Crippen LogP contribution in [-0.2, 0) is 0 Å². The number of hydrazone groups is 1. The maximum absolute atomic E-state index is 12.9. The van der Waals surface area contributed by atoms with E-state index in [1.165, 1.54) is 6.21 Å². The number of benzene rings is 2. The minimum Gasteiger partial charge on any atom is -0.494 e. The highest BCUT2D eigenvalue weighted by atomic mass is 16.5. The van der Waals surface area contributed by atoms with Gasteiger partial charge in [-0.05, 0) is 36.8 Å². The van der Waals surface area contributed by atoms with Gasteiger partial charge in [0.1, 0.15) is 5.75 Å². The molecular formula is C25H23N3O3. The number of ether oxygens (including phenoxy) is 1. The summed E-state index contributed by atoms with van der Waals surface area (Å²) in [5, 5.41) is 4.79. The quantitative estimate of drug-likeness (QED) is 0.237. The van der Waals surface area contributed by atoms with E-state index in [0.29, 0.717) is 17.9 Å². The van der Waals surface area contributed by atoms with E-state index in [4.69, 9.17) is 14.1 Å². The van der Waals surface area contributed by atoms with Crippen LogP contribution in [0.4, 0.5) is 0 Å². The zero-order chi connectivity index (χ0) is 21.5. The number of rotatable bonds is 8. The first kappa shape index (κ1) is 20.3. The van der Waals surface area contributed by atoms with Gasteiger partial charge >= 0.3 is 0 Å². The fourth-order valence-corrected chi connectivity index (χ4v) is 3.16. The highest BCUT2D eigenvalue weighted by molar-refractivity contribution is 6.07. The van der Waals surface area contributed by atoms with E-state index in [-0.39, 0.29) is 5.91 Å². The number of nitrogens with zero attached hydrogens (tertiary/aromatic N) is 2. The van der Waals surface area contributed by atoms with Gasteiger partial charge in [-0.3, -0.25) is 4.79 Å². The van der Waals surface area contributed by atoms with Gasteiger partial charge in [0.25, 0.3) is 5.91 Å². The number of carbonyl (C=O) groups excluding carboxylic acids is 1. The Morgan fingerprint density at radius 3 is 2.90 bits per heavy atom. The lowest BCUT2D eigenvalue weighted by atomic mass is 10.0. The van der Waals surface area contributed by atoms with Gasteiger partial charge in [-0.15, -0.1) is 0 Å². The van der Waals surface area contributed by atoms with E-state index in [1.807, 2.05) is 48.5 Å². The molecule has 0 fully saturated rings. The van der Waals surface area contributed by atoms with Crippen molar-refractivity contribution in [2.24, 2.45) is 5.10 Å². The summed E-state index contributed by atoms with van der Waals surface area (Å²) >= 11 is 0. The number of aromatic nitrogens is 1. The molecule has 0 saturated heterocycles. The van der Waals surface area contributed by atoms with Crippen molar-refractivity contribution < 1.29 is 13.9 Å². The number of amides is 1. The minimum absolute atomic E-state index is 0.310. The third-order valence-corrected chi connectivity index (χ3v) is 4.78. The Morgan fingerprint density at radius 2 is 2.06 bits per heavy atom. The second kappa shape index (κ2) is 9.71. The first-order valence-corrected chi connectivity index (χ1v) is 10.2. The van der Waals surface area contributed by atoms with E-state index in [1.54, 1.807) is 24.7 Å². The molecule has 4 aromatic rings. The van der Waals surface area contributed by atoms with Crippen LogP contribution in [0.3, 0.4) is 0 Å². The number of nitrogens with one attached hydrogen (secondary N) is 1. The number of fused-ring (bicyclic) bond motifs is 1. The molecule has 6 heteroatoms. The lowest BCUT2D eigenvalue weighted by Crippen LogP contribution is -2.18. The molecule has 2 heterocycles. The maximum Gasteiger partial charge on any atom is 0.272 e. The normalized spacial score (nSPS) is 11.1. The van der Waals surface area contributed by atoms with E-state index >= 15 is 0 Å². The summed E-state index contributed by atoms with van der Waals surface area (Å²) in [4.78, 5) is 17.7. The Kier molecular flexibility index (Phi) is 6.38. The number of hydrogen-bond acceptors (Lipinski definition) is 5. The third-order valence-electron chi connectivity index (χ3n) is 4.78. The summed E-state index contributed by atoms with van der Waals surface area (Å²) < 4.78 is 10.8. The Bertz CT molecular complexity index is 1200. The molecule has 0 saturated carbocycles. The molecule has 0 bridgehead atoms. The average molecular weight is 413 g/mol. The number of hydrogen-bond donors (Lipinski definition) is 1.